The van der Waals surface area contributed by atoms with E-state index in [2.05, 4.69) is 26.1 Å². The Hall–Kier alpha value is -3.54. The third-order valence-electron chi connectivity index (χ3n) is 6.61. The molecule has 2 aromatic carbocycles. The Bertz CT molecular complexity index is 1260. The van der Waals surface area contributed by atoms with Gasteiger partial charge in [-0.3, -0.25) is 9.69 Å². The highest BCUT2D eigenvalue weighted by Gasteiger charge is 2.25. The van der Waals surface area contributed by atoms with Crippen molar-refractivity contribution in [2.45, 2.75) is 13.1 Å². The van der Waals surface area contributed by atoms with Crippen molar-refractivity contribution in [1.29, 1.82) is 0 Å². The van der Waals surface area contributed by atoms with Gasteiger partial charge in [-0.1, -0.05) is 18.2 Å². The van der Waals surface area contributed by atoms with E-state index in [1.54, 1.807) is 22.1 Å². The summed E-state index contributed by atoms with van der Waals surface area (Å²) in [6.45, 7) is 4.61. The van der Waals surface area contributed by atoms with E-state index in [1.807, 2.05) is 48.5 Å². The van der Waals surface area contributed by atoms with Crippen LogP contribution in [0.5, 0.6) is 11.5 Å². The van der Waals surface area contributed by atoms with Gasteiger partial charge >= 0.3 is 6.03 Å². The average Bonchev–Trinajstić information content (AvgIpc) is 3.64. The lowest BCUT2D eigenvalue weighted by Crippen LogP contribution is -2.48. The van der Waals surface area contributed by atoms with Crippen LogP contribution in [-0.2, 0) is 22.6 Å². The third-order valence-corrected chi connectivity index (χ3v) is 7.30. The second-order valence-electron chi connectivity index (χ2n) is 9.30. The second kappa shape index (κ2) is 13.0. The number of fused-ring (bicyclic) bond motifs is 1. The molecule has 0 saturated carbocycles. The Balaban J connectivity index is 1.32. The summed E-state index contributed by atoms with van der Waals surface area (Å²) in [7, 11) is 0. The minimum Gasteiger partial charge on any atom is -0.467 e. The van der Waals surface area contributed by atoms with Crippen molar-refractivity contribution in [3.63, 3.8) is 0 Å². The molecule has 2 aliphatic rings. The molecule has 11 heteroatoms. The number of morpholine rings is 1. The molecule has 5 rings (SSSR count). The van der Waals surface area contributed by atoms with E-state index < -0.39 is 0 Å². The summed E-state index contributed by atoms with van der Waals surface area (Å²) in [5.41, 5.74) is 1.52. The molecule has 39 heavy (non-hydrogen) atoms. The second-order valence-corrected chi connectivity index (χ2v) is 10.2. The Kier molecular flexibility index (Phi) is 9.02. The van der Waals surface area contributed by atoms with Crippen molar-refractivity contribution in [1.82, 2.24) is 14.7 Å². The quantitative estimate of drug-likeness (QED) is 0.374. The summed E-state index contributed by atoms with van der Waals surface area (Å²) in [4.78, 5) is 32.7. The van der Waals surface area contributed by atoms with Crippen molar-refractivity contribution in [2.24, 2.45) is 0 Å². The number of amides is 3. The summed E-state index contributed by atoms with van der Waals surface area (Å²) >= 11 is 3.48. The maximum Gasteiger partial charge on any atom is 0.322 e. The van der Waals surface area contributed by atoms with Gasteiger partial charge in [-0.15, -0.1) is 0 Å². The van der Waals surface area contributed by atoms with Gasteiger partial charge in [0.2, 0.25) is 12.7 Å². The van der Waals surface area contributed by atoms with Gasteiger partial charge in [-0.05, 0) is 57.9 Å². The van der Waals surface area contributed by atoms with Crippen LogP contribution in [-0.4, -0.2) is 79.4 Å². The van der Waals surface area contributed by atoms with Crippen LogP contribution >= 0.6 is 15.9 Å². The largest absolute Gasteiger partial charge is 0.467 e. The lowest BCUT2D eigenvalue weighted by molar-refractivity contribution is -0.133. The Morgan fingerprint density at radius 2 is 1.77 bits per heavy atom. The lowest BCUT2D eigenvalue weighted by atomic mass is 10.2. The fraction of sp³-hybridized carbons (Fsp3) is 0.357. The molecule has 0 aliphatic carbocycles. The number of hydrogen-bond donors (Lipinski definition) is 1. The predicted molar refractivity (Wildman–Crippen MR) is 148 cm³/mol. The maximum atomic E-state index is 13.8. The fourth-order valence-electron chi connectivity index (χ4n) is 4.44. The molecular formula is C28H31BrN4O6. The molecule has 1 fully saturated rings. The fourth-order valence-corrected chi connectivity index (χ4v) is 4.83. The molecule has 0 spiro atoms. The Morgan fingerprint density at radius 3 is 2.56 bits per heavy atom. The molecule has 0 radical (unpaired) electrons. The molecule has 1 aromatic heterocycles. The highest BCUT2D eigenvalue weighted by molar-refractivity contribution is 9.10. The van der Waals surface area contributed by atoms with E-state index in [0.29, 0.717) is 55.8 Å². The molecule has 3 amide bonds. The first-order valence-electron chi connectivity index (χ1n) is 12.8. The summed E-state index contributed by atoms with van der Waals surface area (Å²) in [6, 6.07) is 16.3. The number of urea groups is 1. The number of carbonyl (C=O) groups is 2. The summed E-state index contributed by atoms with van der Waals surface area (Å²) < 4.78 is 22.7. The number of benzene rings is 2. The summed E-state index contributed by atoms with van der Waals surface area (Å²) in [5, 5.41) is 2.94. The van der Waals surface area contributed by atoms with Gasteiger partial charge < -0.3 is 33.7 Å². The highest BCUT2D eigenvalue weighted by atomic mass is 79.9. The van der Waals surface area contributed by atoms with Gasteiger partial charge in [0.1, 0.15) is 12.3 Å². The molecular weight excluding hydrogens is 568 g/mol. The normalized spacial score (nSPS) is 14.7. The summed E-state index contributed by atoms with van der Waals surface area (Å²) in [6.07, 6.45) is 1.58. The molecule has 3 heterocycles. The third kappa shape index (κ3) is 7.31. The number of halogens is 1. The minimum atomic E-state index is -0.343. The van der Waals surface area contributed by atoms with Crippen LogP contribution in [0.1, 0.15) is 11.3 Å². The molecule has 2 aliphatic heterocycles. The van der Waals surface area contributed by atoms with E-state index in [0.717, 1.165) is 23.1 Å². The van der Waals surface area contributed by atoms with E-state index in [9.17, 15) is 9.59 Å². The van der Waals surface area contributed by atoms with Gasteiger partial charge in [-0.2, -0.15) is 0 Å². The van der Waals surface area contributed by atoms with Gasteiger partial charge in [0.25, 0.3) is 0 Å². The smallest absolute Gasteiger partial charge is 0.322 e. The molecule has 3 aromatic rings. The van der Waals surface area contributed by atoms with Gasteiger partial charge in [0.05, 0.1) is 31.7 Å². The first kappa shape index (κ1) is 27.0. The zero-order chi connectivity index (χ0) is 27.0. The van der Waals surface area contributed by atoms with Crippen LogP contribution < -0.4 is 14.8 Å². The van der Waals surface area contributed by atoms with Gasteiger partial charge in [0, 0.05) is 37.2 Å². The summed E-state index contributed by atoms with van der Waals surface area (Å²) in [5.74, 6) is 1.79. The molecule has 0 unspecified atom stereocenters. The van der Waals surface area contributed by atoms with Gasteiger partial charge in [0.15, 0.2) is 11.5 Å². The first-order valence-corrected chi connectivity index (χ1v) is 13.6. The number of nitrogens with zero attached hydrogens (tertiary/aromatic N) is 3. The van der Waals surface area contributed by atoms with Crippen LogP contribution in [0.2, 0.25) is 0 Å². The molecule has 206 valence electrons. The van der Waals surface area contributed by atoms with Crippen molar-refractivity contribution < 1.29 is 28.2 Å². The highest BCUT2D eigenvalue weighted by Crippen LogP contribution is 2.33. The SMILES string of the molecule is O=C(CN(CCN1CCOCC1)C(=O)Nc1ccccc1Br)N(Cc1ccc2c(c1)OCO2)Cc1ccco1. The molecule has 0 atom stereocenters. The van der Waals surface area contributed by atoms with Crippen LogP contribution in [0.4, 0.5) is 10.5 Å². The van der Waals surface area contributed by atoms with Crippen molar-refractivity contribution in [3.05, 3.63) is 76.7 Å². The number of furan rings is 1. The molecule has 1 saturated heterocycles. The van der Waals surface area contributed by atoms with Crippen LogP contribution in [0.25, 0.3) is 0 Å². The number of anilines is 1. The van der Waals surface area contributed by atoms with Crippen molar-refractivity contribution in [2.75, 3.05) is 58.0 Å². The number of rotatable bonds is 10. The average molecular weight is 599 g/mol. The Morgan fingerprint density at radius 1 is 0.949 bits per heavy atom. The standard InChI is InChI=1S/C28H31BrN4O6/c29-23-5-1-2-6-24(23)30-28(35)32(10-9-31-11-14-36-15-12-31)19-27(34)33(18-22-4-3-13-37-22)17-21-7-8-25-26(16-21)39-20-38-25/h1-8,13,16H,9-12,14-15,17-20H2,(H,30,35). The number of hydrogen-bond acceptors (Lipinski definition) is 7. The van der Waals surface area contributed by atoms with Crippen molar-refractivity contribution >= 4 is 33.6 Å². The van der Waals surface area contributed by atoms with E-state index >= 15 is 0 Å². The van der Waals surface area contributed by atoms with E-state index in [4.69, 9.17) is 18.6 Å². The van der Waals surface area contributed by atoms with Crippen LogP contribution in [0, 0.1) is 0 Å². The zero-order valence-corrected chi connectivity index (χ0v) is 23.1. The van der Waals surface area contributed by atoms with E-state index in [-0.39, 0.29) is 31.8 Å². The van der Waals surface area contributed by atoms with Crippen LogP contribution in [0.3, 0.4) is 0 Å². The zero-order valence-electron chi connectivity index (χ0n) is 21.5. The van der Waals surface area contributed by atoms with Crippen molar-refractivity contribution in [3.8, 4) is 11.5 Å². The molecule has 1 N–H and O–H groups in total. The monoisotopic (exact) mass is 598 g/mol. The lowest BCUT2D eigenvalue weighted by Gasteiger charge is -2.31. The topological polar surface area (TPSA) is 96.7 Å². The number of ether oxygens (including phenoxy) is 3. The predicted octanol–water partition coefficient (Wildman–Crippen LogP) is 4.17. The number of para-hydroxylation sites is 1. The molecule has 10 nitrogen and oxygen atoms in total. The number of nitrogens with one attached hydrogen (secondary N) is 1. The number of carbonyl (C=O) groups excluding carboxylic acids is 2. The Labute approximate surface area is 235 Å². The minimum absolute atomic E-state index is 0.0914. The van der Waals surface area contributed by atoms with Crippen LogP contribution in [0.15, 0.2) is 69.8 Å². The van der Waals surface area contributed by atoms with E-state index in [1.165, 1.54) is 0 Å². The molecule has 0 bridgehead atoms. The first-order chi connectivity index (χ1) is 19.0. The maximum absolute atomic E-state index is 13.8. The van der Waals surface area contributed by atoms with Gasteiger partial charge in [-0.25, -0.2) is 4.79 Å².